The fraction of sp³-hybridized carbons (Fsp3) is 0.977. The van der Waals surface area contributed by atoms with Crippen molar-refractivity contribution in [2.24, 2.45) is 63.5 Å². The van der Waals surface area contributed by atoms with Gasteiger partial charge in [0.15, 0.2) is 0 Å². The van der Waals surface area contributed by atoms with Gasteiger partial charge in [-0.05, 0) is 197 Å². The molecule has 0 spiro atoms. The molecule has 3 unspecified atom stereocenters. The van der Waals surface area contributed by atoms with Crippen LogP contribution in [0.15, 0.2) is 0 Å². The highest BCUT2D eigenvalue weighted by Gasteiger charge is 2.66. The number of hydrogen-bond donors (Lipinski definition) is 6. The Hall–Kier alpha value is -1.05. The molecule has 11 heteroatoms. The predicted molar refractivity (Wildman–Crippen MR) is 224 cm³/mol. The van der Waals surface area contributed by atoms with Gasteiger partial charge in [0, 0.05) is 31.8 Å². The van der Waals surface area contributed by atoms with Gasteiger partial charge in [0.2, 0.25) is 0 Å². The first-order valence-corrected chi connectivity index (χ1v) is 22.7. The summed E-state index contributed by atoms with van der Waals surface area (Å²) in [6.07, 6.45) is 16.1. The second-order valence-corrected chi connectivity index (χ2v) is 19.2. The van der Waals surface area contributed by atoms with Gasteiger partial charge in [0.25, 0.3) is 0 Å². The fourth-order valence-corrected chi connectivity index (χ4v) is 11.7. The van der Waals surface area contributed by atoms with Crippen molar-refractivity contribution in [3.8, 4) is 0 Å². The number of amides is 1. The molecule has 0 bridgehead atoms. The van der Waals surface area contributed by atoms with Crippen molar-refractivity contribution in [1.29, 1.82) is 0 Å². The van der Waals surface area contributed by atoms with Gasteiger partial charge in [0.1, 0.15) is 5.60 Å². The first-order valence-electron chi connectivity index (χ1n) is 22.7. The molecule has 4 fully saturated rings. The molecule has 4 rings (SSSR count). The number of fused-ring (bicyclic) bond motifs is 5. The van der Waals surface area contributed by atoms with E-state index >= 15 is 0 Å². The van der Waals surface area contributed by atoms with Crippen LogP contribution in [0.1, 0.15) is 131 Å². The van der Waals surface area contributed by atoms with Crippen molar-refractivity contribution < 1.29 is 23.7 Å². The van der Waals surface area contributed by atoms with Gasteiger partial charge in [0.05, 0.1) is 18.3 Å². The van der Waals surface area contributed by atoms with E-state index in [1.807, 2.05) is 20.8 Å². The second-order valence-electron chi connectivity index (χ2n) is 19.2. The van der Waals surface area contributed by atoms with E-state index in [-0.39, 0.29) is 29.1 Å². The molecule has 55 heavy (non-hydrogen) atoms. The van der Waals surface area contributed by atoms with Crippen LogP contribution >= 0.6 is 0 Å². The molecule has 0 saturated heterocycles. The molecule has 4 aliphatic carbocycles. The van der Waals surface area contributed by atoms with Crippen LogP contribution in [0, 0.1) is 46.3 Å². The molecule has 9 N–H and O–H groups in total. The number of nitrogens with two attached hydrogens (primary N) is 3. The summed E-state index contributed by atoms with van der Waals surface area (Å²) >= 11 is 0. The Kier molecular flexibility index (Phi) is 19.4. The minimum Gasteiger partial charge on any atom is -0.444 e. The molecule has 0 aliphatic heterocycles. The number of carbonyl (C=O) groups excluding carboxylic acids is 1. The average molecular weight is 779 g/mol. The van der Waals surface area contributed by atoms with Crippen LogP contribution in [-0.4, -0.2) is 102 Å². The van der Waals surface area contributed by atoms with Crippen LogP contribution in [0.4, 0.5) is 4.79 Å². The van der Waals surface area contributed by atoms with Crippen LogP contribution in [0.3, 0.4) is 0 Å². The Balaban J connectivity index is 1.31. The average Bonchev–Trinajstić information content (AvgIpc) is 3.50. The van der Waals surface area contributed by atoms with Crippen molar-refractivity contribution in [3.05, 3.63) is 0 Å². The molecule has 0 aromatic rings. The zero-order valence-electron chi connectivity index (χ0n) is 36.1. The third kappa shape index (κ3) is 13.0. The molecule has 0 aromatic carbocycles. The number of rotatable bonds is 25. The molecule has 11 nitrogen and oxygen atoms in total. The molecule has 322 valence electrons. The van der Waals surface area contributed by atoms with E-state index in [0.717, 1.165) is 104 Å². The molecule has 0 heterocycles. The van der Waals surface area contributed by atoms with E-state index in [1.54, 1.807) is 0 Å². The summed E-state index contributed by atoms with van der Waals surface area (Å²) in [5.74, 6) is 3.68. The summed E-state index contributed by atoms with van der Waals surface area (Å²) in [5.41, 5.74) is 17.8. The van der Waals surface area contributed by atoms with E-state index < -0.39 is 5.60 Å². The highest BCUT2D eigenvalue weighted by molar-refractivity contribution is 5.67. The largest absolute Gasteiger partial charge is 0.444 e. The van der Waals surface area contributed by atoms with E-state index in [9.17, 15) is 4.79 Å². The van der Waals surface area contributed by atoms with Gasteiger partial charge in [-0.15, -0.1) is 0 Å². The molecule has 11 atom stereocenters. The maximum absolute atomic E-state index is 11.8. The Morgan fingerprint density at radius 3 is 2.02 bits per heavy atom. The number of hydrogen-bond acceptors (Lipinski definition) is 10. The van der Waals surface area contributed by atoms with Gasteiger partial charge in [-0.3, -0.25) is 0 Å². The maximum atomic E-state index is 11.8. The smallest absolute Gasteiger partial charge is 0.407 e. The first-order chi connectivity index (χ1) is 26.4. The molecule has 1 amide bonds. The molecule has 0 aromatic heterocycles. The van der Waals surface area contributed by atoms with Crippen LogP contribution in [0.2, 0.25) is 0 Å². The second kappa shape index (κ2) is 22.9. The van der Waals surface area contributed by atoms with Crippen LogP contribution in [0.5, 0.6) is 0 Å². The fourth-order valence-electron chi connectivity index (χ4n) is 11.7. The third-order valence-corrected chi connectivity index (χ3v) is 14.4. The lowest BCUT2D eigenvalue weighted by atomic mass is 9.43. The Morgan fingerprint density at radius 1 is 0.745 bits per heavy atom. The first kappa shape index (κ1) is 46.6. The van der Waals surface area contributed by atoms with Crippen molar-refractivity contribution in [1.82, 2.24) is 16.0 Å². The maximum Gasteiger partial charge on any atom is 0.407 e. The lowest BCUT2D eigenvalue weighted by molar-refractivity contribution is -0.227. The van der Waals surface area contributed by atoms with Gasteiger partial charge in [-0.2, -0.15) is 0 Å². The molecule has 4 aliphatic rings. The predicted octanol–water partition coefficient (Wildman–Crippen LogP) is 5.97. The highest BCUT2D eigenvalue weighted by atomic mass is 16.6. The highest BCUT2D eigenvalue weighted by Crippen LogP contribution is 2.69. The molecular weight excluding hydrogens is 693 g/mol. The summed E-state index contributed by atoms with van der Waals surface area (Å²) in [6, 6.07) is 0. The number of nitrogens with one attached hydrogen (secondary N) is 3. The van der Waals surface area contributed by atoms with E-state index in [4.69, 9.17) is 36.1 Å². The lowest BCUT2D eigenvalue weighted by Gasteiger charge is -2.65. The molecular formula is C44H86N6O5. The van der Waals surface area contributed by atoms with Gasteiger partial charge < -0.3 is 52.1 Å². The Labute approximate surface area is 336 Å². The van der Waals surface area contributed by atoms with Crippen molar-refractivity contribution in [2.75, 3.05) is 72.2 Å². The summed E-state index contributed by atoms with van der Waals surface area (Å²) in [6.45, 7) is 22.3. The number of alkyl carbamates (subject to hydrolysis) is 1. The zero-order valence-corrected chi connectivity index (χ0v) is 36.1. The monoisotopic (exact) mass is 779 g/mol. The van der Waals surface area contributed by atoms with E-state index in [1.165, 1.54) is 32.1 Å². The summed E-state index contributed by atoms with van der Waals surface area (Å²) in [7, 11) is 0. The van der Waals surface area contributed by atoms with E-state index in [0.29, 0.717) is 67.8 Å². The van der Waals surface area contributed by atoms with Crippen LogP contribution in [0.25, 0.3) is 0 Å². The van der Waals surface area contributed by atoms with Crippen molar-refractivity contribution >= 4 is 6.09 Å². The zero-order chi connectivity index (χ0) is 39.9. The third-order valence-electron chi connectivity index (χ3n) is 14.4. The van der Waals surface area contributed by atoms with Crippen LogP contribution < -0.4 is 33.2 Å². The standard InChI is InChI=1S/C44H86N6O5/c1-32(13-7-21-48-22-11-23-49-24-12-25-50-41(51)55-42(2,3)4)35-14-15-36-40-37(31-39(44(35,36)6)54-28-10-20-47)43(5)17-16-34(52-26-8-18-45)29-33(43)30-38(40)53-27-9-19-46/h32-40,48-49H,7-31,45-47H2,1-6H3,(H,50,51)/t32-,33?,34-,35?,36+,37+,38-,39+,40?,43+,44-/m1/s1. The molecule has 4 saturated carbocycles. The van der Waals surface area contributed by atoms with E-state index in [2.05, 4.69) is 36.7 Å². The summed E-state index contributed by atoms with van der Waals surface area (Å²) in [5, 5.41) is 10.0. The Bertz CT molecular complexity index is 1100. The lowest BCUT2D eigenvalue weighted by Crippen LogP contribution is -2.63. The molecule has 0 radical (unpaired) electrons. The van der Waals surface area contributed by atoms with Gasteiger partial charge in [-0.25, -0.2) is 4.79 Å². The summed E-state index contributed by atoms with van der Waals surface area (Å²) < 4.78 is 25.7. The minimum atomic E-state index is -0.462. The van der Waals surface area contributed by atoms with Crippen LogP contribution in [-0.2, 0) is 18.9 Å². The van der Waals surface area contributed by atoms with Gasteiger partial charge in [-0.1, -0.05) is 20.8 Å². The van der Waals surface area contributed by atoms with Gasteiger partial charge >= 0.3 is 6.09 Å². The number of carbonyl (C=O) groups is 1. The topological polar surface area (TPSA) is 168 Å². The van der Waals surface area contributed by atoms with Crippen molar-refractivity contribution in [3.63, 3.8) is 0 Å². The summed E-state index contributed by atoms with van der Waals surface area (Å²) in [4.78, 5) is 11.8. The van der Waals surface area contributed by atoms with Crippen molar-refractivity contribution in [2.45, 2.75) is 155 Å². The Morgan fingerprint density at radius 2 is 1.36 bits per heavy atom. The normalized spacial score (nSPS) is 33.8. The number of ether oxygens (including phenoxy) is 4. The quantitative estimate of drug-likeness (QED) is 0.0608. The minimum absolute atomic E-state index is 0.137. The SMILES string of the molecule is C[C@H](CCCNCCCNCCCNC(=O)OC(C)(C)C)C1CC[C@H]2C3[C@H](OCCCN)CC4C[C@H](OCCCN)CC[C@]4(C)[C@H]3C[C@H](OCCCN)[C@]12C.